The summed E-state index contributed by atoms with van der Waals surface area (Å²) >= 11 is 12.0. The standard InChI is InChI=1S/C16H19Cl2NO3/c1-9-8-22-11(7-20)6-19(9)16(21)13-5-12(13)10-2-3-14(17)15(18)4-10/h2-4,9,11-13,20H,5-8H2,1H3. The Morgan fingerprint density at radius 3 is 2.86 bits per heavy atom. The molecule has 1 aromatic rings. The molecule has 3 rings (SSSR count). The summed E-state index contributed by atoms with van der Waals surface area (Å²) in [5.41, 5.74) is 1.06. The van der Waals surface area contributed by atoms with Gasteiger partial charge in [-0.1, -0.05) is 29.3 Å². The summed E-state index contributed by atoms with van der Waals surface area (Å²) in [5.74, 6) is 0.354. The Hall–Kier alpha value is -0.810. The van der Waals surface area contributed by atoms with Gasteiger partial charge in [0.1, 0.15) is 0 Å². The second-order valence-electron chi connectivity index (χ2n) is 6.10. The molecule has 4 unspecified atom stereocenters. The molecule has 0 radical (unpaired) electrons. The number of carbonyl (C=O) groups is 1. The van der Waals surface area contributed by atoms with Gasteiger partial charge in [-0.2, -0.15) is 0 Å². The first kappa shape index (κ1) is 16.1. The maximum atomic E-state index is 12.7. The Kier molecular flexibility index (Phi) is 4.64. The number of amides is 1. The molecule has 120 valence electrons. The first-order valence-electron chi connectivity index (χ1n) is 7.49. The van der Waals surface area contributed by atoms with E-state index in [1.165, 1.54) is 0 Å². The van der Waals surface area contributed by atoms with Crippen molar-refractivity contribution < 1.29 is 14.6 Å². The van der Waals surface area contributed by atoms with Crippen molar-refractivity contribution in [2.75, 3.05) is 19.8 Å². The van der Waals surface area contributed by atoms with Crippen LogP contribution in [0.5, 0.6) is 0 Å². The van der Waals surface area contributed by atoms with E-state index in [1.54, 1.807) is 6.07 Å². The second-order valence-corrected chi connectivity index (χ2v) is 6.91. The van der Waals surface area contributed by atoms with Crippen LogP contribution in [-0.2, 0) is 9.53 Å². The van der Waals surface area contributed by atoms with Gasteiger partial charge in [-0.05, 0) is 37.0 Å². The highest BCUT2D eigenvalue weighted by atomic mass is 35.5. The molecule has 1 saturated heterocycles. The van der Waals surface area contributed by atoms with E-state index in [9.17, 15) is 9.90 Å². The molecule has 1 aliphatic carbocycles. The molecule has 1 aliphatic heterocycles. The molecule has 4 nitrogen and oxygen atoms in total. The molecule has 1 amide bonds. The number of carbonyl (C=O) groups excluding carboxylic acids is 1. The lowest BCUT2D eigenvalue weighted by atomic mass is 10.1. The minimum Gasteiger partial charge on any atom is -0.394 e. The molecule has 4 atom stereocenters. The Morgan fingerprint density at radius 2 is 2.18 bits per heavy atom. The quantitative estimate of drug-likeness (QED) is 0.917. The van der Waals surface area contributed by atoms with Gasteiger partial charge in [0, 0.05) is 12.5 Å². The molecule has 0 spiro atoms. The number of benzene rings is 1. The zero-order valence-electron chi connectivity index (χ0n) is 12.3. The molecular formula is C16H19Cl2NO3. The van der Waals surface area contributed by atoms with E-state index in [0.29, 0.717) is 23.2 Å². The van der Waals surface area contributed by atoms with E-state index in [0.717, 1.165) is 12.0 Å². The molecule has 2 aliphatic rings. The Balaban J connectivity index is 1.68. The summed E-state index contributed by atoms with van der Waals surface area (Å²) in [4.78, 5) is 14.5. The summed E-state index contributed by atoms with van der Waals surface area (Å²) in [7, 11) is 0. The molecule has 2 fully saturated rings. The fraction of sp³-hybridized carbons (Fsp3) is 0.562. The first-order chi connectivity index (χ1) is 10.5. The van der Waals surface area contributed by atoms with Gasteiger partial charge in [0.15, 0.2) is 0 Å². The molecule has 22 heavy (non-hydrogen) atoms. The van der Waals surface area contributed by atoms with E-state index in [1.807, 2.05) is 24.0 Å². The number of aliphatic hydroxyl groups is 1. The highest BCUT2D eigenvalue weighted by Crippen LogP contribution is 2.49. The van der Waals surface area contributed by atoms with Crippen LogP contribution >= 0.6 is 23.2 Å². The topological polar surface area (TPSA) is 49.8 Å². The van der Waals surface area contributed by atoms with Crippen molar-refractivity contribution in [2.24, 2.45) is 5.92 Å². The molecular weight excluding hydrogens is 325 g/mol. The maximum absolute atomic E-state index is 12.7. The highest BCUT2D eigenvalue weighted by molar-refractivity contribution is 6.42. The van der Waals surface area contributed by atoms with Gasteiger partial charge in [0.25, 0.3) is 0 Å². The monoisotopic (exact) mass is 343 g/mol. The number of hydrogen-bond acceptors (Lipinski definition) is 3. The molecule has 1 saturated carbocycles. The van der Waals surface area contributed by atoms with E-state index in [2.05, 4.69) is 0 Å². The zero-order valence-corrected chi connectivity index (χ0v) is 13.8. The van der Waals surface area contributed by atoms with E-state index >= 15 is 0 Å². The van der Waals surface area contributed by atoms with Crippen molar-refractivity contribution in [1.29, 1.82) is 0 Å². The van der Waals surface area contributed by atoms with Crippen LogP contribution in [0.4, 0.5) is 0 Å². The van der Waals surface area contributed by atoms with Crippen molar-refractivity contribution >= 4 is 29.1 Å². The molecule has 6 heteroatoms. The van der Waals surface area contributed by atoms with Gasteiger partial charge < -0.3 is 14.7 Å². The van der Waals surface area contributed by atoms with Crippen LogP contribution in [0.1, 0.15) is 24.8 Å². The largest absolute Gasteiger partial charge is 0.394 e. The Labute approximate surface area is 140 Å². The summed E-state index contributed by atoms with van der Waals surface area (Å²) in [6.07, 6.45) is 0.562. The lowest BCUT2D eigenvalue weighted by Crippen LogP contribution is -2.52. The maximum Gasteiger partial charge on any atom is 0.226 e. The summed E-state index contributed by atoms with van der Waals surface area (Å²) in [5, 5.41) is 10.3. The average molecular weight is 344 g/mol. The predicted molar refractivity (Wildman–Crippen MR) is 85.3 cm³/mol. The van der Waals surface area contributed by atoms with Gasteiger partial charge in [-0.15, -0.1) is 0 Å². The van der Waals surface area contributed by atoms with Crippen molar-refractivity contribution in [3.63, 3.8) is 0 Å². The molecule has 1 aromatic carbocycles. The number of rotatable bonds is 3. The third kappa shape index (κ3) is 3.11. The number of halogens is 2. The minimum absolute atomic E-state index is 0.00265. The van der Waals surface area contributed by atoms with E-state index in [-0.39, 0.29) is 36.5 Å². The zero-order chi connectivity index (χ0) is 15.9. The molecule has 1 heterocycles. The van der Waals surface area contributed by atoms with Gasteiger partial charge >= 0.3 is 0 Å². The second kappa shape index (κ2) is 6.36. The van der Waals surface area contributed by atoms with Gasteiger partial charge in [0.05, 0.1) is 35.4 Å². The van der Waals surface area contributed by atoms with Crippen molar-refractivity contribution in [3.05, 3.63) is 33.8 Å². The Bertz CT molecular complexity index is 581. The summed E-state index contributed by atoms with van der Waals surface area (Å²) in [6, 6.07) is 5.61. The van der Waals surface area contributed by atoms with E-state index < -0.39 is 0 Å². The number of ether oxygens (including phenoxy) is 1. The normalized spacial score (nSPS) is 31.2. The van der Waals surface area contributed by atoms with Crippen LogP contribution in [0.2, 0.25) is 10.0 Å². The van der Waals surface area contributed by atoms with Crippen LogP contribution in [0.25, 0.3) is 0 Å². The third-order valence-corrected chi connectivity index (χ3v) is 5.21. The average Bonchev–Trinajstić information content (AvgIpc) is 3.30. The Morgan fingerprint density at radius 1 is 1.41 bits per heavy atom. The lowest BCUT2D eigenvalue weighted by molar-refractivity contribution is -0.147. The minimum atomic E-state index is -0.276. The molecule has 1 N–H and O–H groups in total. The number of morpholine rings is 1. The van der Waals surface area contributed by atoms with Crippen LogP contribution < -0.4 is 0 Å². The fourth-order valence-electron chi connectivity index (χ4n) is 3.03. The smallest absolute Gasteiger partial charge is 0.226 e. The molecule has 0 aromatic heterocycles. The summed E-state index contributed by atoms with van der Waals surface area (Å²) < 4.78 is 5.48. The van der Waals surface area contributed by atoms with Gasteiger partial charge in [-0.25, -0.2) is 0 Å². The van der Waals surface area contributed by atoms with Crippen molar-refractivity contribution in [2.45, 2.75) is 31.4 Å². The number of nitrogens with zero attached hydrogens (tertiary/aromatic N) is 1. The number of aliphatic hydroxyl groups excluding tert-OH is 1. The molecule has 0 bridgehead atoms. The van der Waals surface area contributed by atoms with E-state index in [4.69, 9.17) is 27.9 Å². The predicted octanol–water partition coefficient (Wildman–Crippen LogP) is 2.71. The van der Waals surface area contributed by atoms with Gasteiger partial charge in [0.2, 0.25) is 5.91 Å². The first-order valence-corrected chi connectivity index (χ1v) is 8.24. The van der Waals surface area contributed by atoms with Crippen molar-refractivity contribution in [1.82, 2.24) is 4.90 Å². The SMILES string of the molecule is CC1COC(CO)CN1C(=O)C1CC1c1ccc(Cl)c(Cl)c1. The third-order valence-electron chi connectivity index (χ3n) is 4.47. The lowest BCUT2D eigenvalue weighted by Gasteiger charge is -2.37. The highest BCUT2D eigenvalue weighted by Gasteiger charge is 2.47. The van der Waals surface area contributed by atoms with Crippen LogP contribution in [0.15, 0.2) is 18.2 Å². The fourth-order valence-corrected chi connectivity index (χ4v) is 3.33. The summed E-state index contributed by atoms with van der Waals surface area (Å²) in [6.45, 7) is 2.85. The van der Waals surface area contributed by atoms with Crippen LogP contribution in [-0.4, -0.2) is 47.8 Å². The van der Waals surface area contributed by atoms with Crippen molar-refractivity contribution in [3.8, 4) is 0 Å². The van der Waals surface area contributed by atoms with Crippen LogP contribution in [0.3, 0.4) is 0 Å². The van der Waals surface area contributed by atoms with Gasteiger partial charge in [-0.3, -0.25) is 4.79 Å². The van der Waals surface area contributed by atoms with Crippen LogP contribution in [0, 0.1) is 5.92 Å². The number of hydrogen-bond donors (Lipinski definition) is 1.